The first-order chi connectivity index (χ1) is 11.0. The van der Waals surface area contributed by atoms with Gasteiger partial charge in [0, 0.05) is 5.69 Å². The van der Waals surface area contributed by atoms with Crippen LogP contribution >= 0.6 is 0 Å². The molecule has 0 fully saturated rings. The number of rotatable bonds is 3. The molecule has 0 unspecified atom stereocenters. The van der Waals surface area contributed by atoms with Crippen LogP contribution in [0.2, 0.25) is 0 Å². The lowest BCUT2D eigenvalue weighted by atomic mass is 9.83. The minimum atomic E-state index is -0.670. The number of hydrogen-bond acceptors (Lipinski definition) is 3. The zero-order chi connectivity index (χ0) is 16.4. The average molecular weight is 310 g/mol. The number of carbonyl (C=O) groups is 2. The van der Waals surface area contributed by atoms with Crippen molar-refractivity contribution < 1.29 is 14.3 Å². The quantitative estimate of drug-likeness (QED) is 0.916. The van der Waals surface area contributed by atoms with E-state index in [0.29, 0.717) is 17.1 Å². The second kappa shape index (κ2) is 5.76. The summed E-state index contributed by atoms with van der Waals surface area (Å²) >= 11 is 0. The maximum absolute atomic E-state index is 12.6. The summed E-state index contributed by atoms with van der Waals surface area (Å²) in [5.41, 5.74) is 1.45. The molecule has 1 aliphatic rings. The van der Waals surface area contributed by atoms with E-state index in [1.54, 1.807) is 18.2 Å². The lowest BCUT2D eigenvalue weighted by Crippen LogP contribution is -2.34. The highest BCUT2D eigenvalue weighted by molar-refractivity contribution is 6.00. The summed E-state index contributed by atoms with van der Waals surface area (Å²) in [5.74, 6) is 0.280. The van der Waals surface area contributed by atoms with Gasteiger partial charge in [-0.15, -0.1) is 0 Å². The van der Waals surface area contributed by atoms with Gasteiger partial charge < -0.3 is 15.4 Å². The maximum atomic E-state index is 12.6. The molecule has 0 saturated heterocycles. The Balaban J connectivity index is 1.80. The monoisotopic (exact) mass is 310 g/mol. The minimum Gasteiger partial charge on any atom is -0.482 e. The van der Waals surface area contributed by atoms with Gasteiger partial charge in [-0.1, -0.05) is 30.3 Å². The van der Waals surface area contributed by atoms with Gasteiger partial charge in [0.2, 0.25) is 5.91 Å². The van der Waals surface area contributed by atoms with Crippen LogP contribution in [0.3, 0.4) is 0 Å². The molecule has 1 aliphatic heterocycles. The molecule has 118 valence electrons. The van der Waals surface area contributed by atoms with Crippen molar-refractivity contribution in [3.63, 3.8) is 0 Å². The van der Waals surface area contributed by atoms with Crippen LogP contribution in [-0.2, 0) is 15.0 Å². The number of ether oxygens (including phenoxy) is 1. The second-order valence-corrected chi connectivity index (χ2v) is 5.99. The van der Waals surface area contributed by atoms with E-state index >= 15 is 0 Å². The van der Waals surface area contributed by atoms with Gasteiger partial charge in [-0.25, -0.2) is 0 Å². The van der Waals surface area contributed by atoms with Crippen LogP contribution in [0.4, 0.5) is 11.4 Å². The Kier molecular flexibility index (Phi) is 3.78. The lowest BCUT2D eigenvalue weighted by Gasteiger charge is -2.25. The summed E-state index contributed by atoms with van der Waals surface area (Å²) in [5, 5.41) is 5.63. The van der Waals surface area contributed by atoms with Crippen LogP contribution in [0, 0.1) is 0 Å². The molecular formula is C18H18N2O3. The number of anilines is 2. The first kappa shape index (κ1) is 15.1. The molecule has 0 saturated carbocycles. The zero-order valence-corrected chi connectivity index (χ0v) is 13.1. The Labute approximate surface area is 134 Å². The summed E-state index contributed by atoms with van der Waals surface area (Å²) in [7, 11) is 0. The Morgan fingerprint density at radius 1 is 1.17 bits per heavy atom. The summed E-state index contributed by atoms with van der Waals surface area (Å²) in [6, 6.07) is 14.8. The average Bonchev–Trinajstić information content (AvgIpc) is 2.55. The number of fused-ring (bicyclic) bond motifs is 1. The molecule has 23 heavy (non-hydrogen) atoms. The van der Waals surface area contributed by atoms with E-state index in [-0.39, 0.29) is 18.4 Å². The lowest BCUT2D eigenvalue weighted by molar-refractivity contribution is -0.120. The van der Waals surface area contributed by atoms with Gasteiger partial charge in [0.05, 0.1) is 11.1 Å². The van der Waals surface area contributed by atoms with Crippen molar-refractivity contribution in [1.82, 2.24) is 0 Å². The molecule has 2 aromatic carbocycles. The van der Waals surface area contributed by atoms with Crippen molar-refractivity contribution in [3.8, 4) is 5.75 Å². The van der Waals surface area contributed by atoms with Crippen LogP contribution in [0.15, 0.2) is 48.5 Å². The van der Waals surface area contributed by atoms with Crippen LogP contribution < -0.4 is 15.4 Å². The number of hydrogen-bond donors (Lipinski definition) is 2. The predicted molar refractivity (Wildman–Crippen MR) is 88.7 cm³/mol. The maximum Gasteiger partial charge on any atom is 0.262 e. The normalized spacial score (nSPS) is 13.6. The summed E-state index contributed by atoms with van der Waals surface area (Å²) in [4.78, 5) is 24.0. The van der Waals surface area contributed by atoms with Crippen LogP contribution in [0.5, 0.6) is 5.75 Å². The van der Waals surface area contributed by atoms with E-state index in [9.17, 15) is 9.59 Å². The highest BCUT2D eigenvalue weighted by Crippen LogP contribution is 2.31. The molecule has 0 spiro atoms. The van der Waals surface area contributed by atoms with Crippen molar-refractivity contribution in [2.24, 2.45) is 0 Å². The molecule has 0 atom stereocenters. The fourth-order valence-corrected chi connectivity index (χ4v) is 2.43. The van der Waals surface area contributed by atoms with Crippen LogP contribution in [0.1, 0.15) is 19.4 Å². The van der Waals surface area contributed by atoms with Crippen molar-refractivity contribution in [1.29, 1.82) is 0 Å². The Hall–Kier alpha value is -2.82. The van der Waals surface area contributed by atoms with E-state index < -0.39 is 5.41 Å². The zero-order valence-electron chi connectivity index (χ0n) is 13.1. The van der Waals surface area contributed by atoms with Crippen LogP contribution in [0.25, 0.3) is 0 Å². The smallest absolute Gasteiger partial charge is 0.262 e. The highest BCUT2D eigenvalue weighted by Gasteiger charge is 2.29. The van der Waals surface area contributed by atoms with Gasteiger partial charge in [-0.05, 0) is 37.6 Å². The Morgan fingerprint density at radius 2 is 1.91 bits per heavy atom. The van der Waals surface area contributed by atoms with Crippen molar-refractivity contribution in [3.05, 3.63) is 54.1 Å². The molecular weight excluding hydrogens is 292 g/mol. The topological polar surface area (TPSA) is 67.4 Å². The van der Waals surface area contributed by atoms with E-state index in [1.165, 1.54) is 0 Å². The Bertz CT molecular complexity index is 754. The third kappa shape index (κ3) is 3.04. The third-order valence-electron chi connectivity index (χ3n) is 3.93. The Morgan fingerprint density at radius 3 is 2.65 bits per heavy atom. The van der Waals surface area contributed by atoms with Gasteiger partial charge in [-0.2, -0.15) is 0 Å². The van der Waals surface area contributed by atoms with Gasteiger partial charge in [0.1, 0.15) is 5.75 Å². The summed E-state index contributed by atoms with van der Waals surface area (Å²) < 4.78 is 5.31. The first-order valence-electron chi connectivity index (χ1n) is 7.40. The molecule has 0 aliphatic carbocycles. The summed E-state index contributed by atoms with van der Waals surface area (Å²) in [6.45, 7) is 3.77. The second-order valence-electron chi connectivity index (χ2n) is 5.99. The third-order valence-corrected chi connectivity index (χ3v) is 3.93. The van der Waals surface area contributed by atoms with Crippen molar-refractivity contribution in [2.45, 2.75) is 19.3 Å². The molecule has 0 radical (unpaired) electrons. The molecule has 2 amide bonds. The molecule has 2 N–H and O–H groups in total. The highest BCUT2D eigenvalue weighted by atomic mass is 16.5. The minimum absolute atomic E-state index is 0.0136. The largest absolute Gasteiger partial charge is 0.482 e. The molecule has 5 nitrogen and oxygen atoms in total. The number of carbonyl (C=O) groups excluding carboxylic acids is 2. The molecule has 2 aromatic rings. The number of amides is 2. The fraction of sp³-hybridized carbons (Fsp3) is 0.222. The van der Waals surface area contributed by atoms with E-state index in [4.69, 9.17) is 4.74 Å². The molecule has 5 heteroatoms. The number of benzene rings is 2. The first-order valence-corrected chi connectivity index (χ1v) is 7.40. The molecule has 3 rings (SSSR count). The van der Waals surface area contributed by atoms with E-state index in [2.05, 4.69) is 10.6 Å². The molecule has 1 heterocycles. The number of nitrogens with one attached hydrogen (secondary N) is 2. The van der Waals surface area contributed by atoms with Crippen molar-refractivity contribution in [2.75, 3.05) is 17.2 Å². The van der Waals surface area contributed by atoms with E-state index in [1.807, 2.05) is 44.2 Å². The molecule has 0 bridgehead atoms. The SMILES string of the molecule is CC(C)(C(=O)Nc1ccc2c(c1)NC(=O)CO2)c1ccccc1. The standard InChI is InChI=1S/C18H18N2O3/c1-18(2,12-6-4-3-5-7-12)17(22)19-13-8-9-15-14(10-13)20-16(21)11-23-15/h3-10H,11H2,1-2H3,(H,19,22)(H,20,21). The van der Waals surface area contributed by atoms with Gasteiger partial charge in [-0.3, -0.25) is 9.59 Å². The summed E-state index contributed by atoms with van der Waals surface area (Å²) in [6.07, 6.45) is 0. The van der Waals surface area contributed by atoms with E-state index in [0.717, 1.165) is 5.56 Å². The van der Waals surface area contributed by atoms with Crippen molar-refractivity contribution >= 4 is 23.2 Å². The fourth-order valence-electron chi connectivity index (χ4n) is 2.43. The predicted octanol–water partition coefficient (Wildman–Crippen LogP) is 2.93. The van der Waals surface area contributed by atoms with Crippen LogP contribution in [-0.4, -0.2) is 18.4 Å². The van der Waals surface area contributed by atoms with Gasteiger partial charge in [0.15, 0.2) is 6.61 Å². The van der Waals surface area contributed by atoms with Gasteiger partial charge >= 0.3 is 0 Å². The molecule has 0 aromatic heterocycles. The van der Waals surface area contributed by atoms with Gasteiger partial charge in [0.25, 0.3) is 5.91 Å².